The fraction of sp³-hybridized carbons (Fsp3) is 0.125. The molecule has 0 aliphatic carbocycles. The third-order valence-electron chi connectivity index (χ3n) is 5.31. The average Bonchev–Trinajstić information content (AvgIpc) is 2.79. The molecule has 1 N–H and O–H groups in total. The maximum absolute atomic E-state index is 13.1. The van der Waals surface area contributed by atoms with E-state index in [2.05, 4.69) is 33.5 Å². The molecule has 5 nitrogen and oxygen atoms in total. The third-order valence-corrected chi connectivity index (χ3v) is 5.31. The van der Waals surface area contributed by atoms with Crippen LogP contribution in [0, 0.1) is 0 Å². The van der Waals surface area contributed by atoms with Crippen molar-refractivity contribution in [1.29, 1.82) is 0 Å². The lowest BCUT2D eigenvalue weighted by Gasteiger charge is -2.29. The Morgan fingerprint density at radius 3 is 2.76 bits per heavy atom. The zero-order valence-corrected chi connectivity index (χ0v) is 15.9. The van der Waals surface area contributed by atoms with E-state index in [1.807, 2.05) is 47.4 Å². The normalized spacial score (nSPS) is 13.2. The van der Waals surface area contributed by atoms with Crippen LogP contribution in [0.25, 0.3) is 10.9 Å². The molecule has 2 aromatic heterocycles. The summed E-state index contributed by atoms with van der Waals surface area (Å²) in [5.74, 6) is 0.00620. The van der Waals surface area contributed by atoms with Gasteiger partial charge in [-0.3, -0.25) is 14.8 Å². The number of benzene rings is 2. The summed E-state index contributed by atoms with van der Waals surface area (Å²) < 4.78 is 0. The Morgan fingerprint density at radius 2 is 1.83 bits per heavy atom. The number of anilines is 2. The van der Waals surface area contributed by atoms with E-state index in [1.54, 1.807) is 18.6 Å². The quantitative estimate of drug-likeness (QED) is 0.566. The molecule has 4 aromatic rings. The highest BCUT2D eigenvalue weighted by Gasteiger charge is 2.22. The van der Waals surface area contributed by atoms with Gasteiger partial charge < -0.3 is 10.2 Å². The largest absolute Gasteiger partial charge is 0.352 e. The number of carbonyl (C=O) groups is 1. The highest BCUT2D eigenvalue weighted by atomic mass is 16.2. The van der Waals surface area contributed by atoms with Crippen LogP contribution in [0.5, 0.6) is 0 Å². The van der Waals surface area contributed by atoms with Gasteiger partial charge in [-0.25, -0.2) is 0 Å². The highest BCUT2D eigenvalue weighted by Crippen LogP contribution is 2.25. The minimum atomic E-state index is 0.00620. The number of hydrogen-bond acceptors (Lipinski definition) is 4. The van der Waals surface area contributed by atoms with Gasteiger partial charge in [-0.2, -0.15) is 0 Å². The van der Waals surface area contributed by atoms with Crippen molar-refractivity contribution in [3.8, 4) is 0 Å². The van der Waals surface area contributed by atoms with E-state index in [1.165, 1.54) is 11.1 Å². The number of nitrogens with one attached hydrogen (secondary N) is 1. The Morgan fingerprint density at radius 1 is 0.966 bits per heavy atom. The number of pyridine rings is 2. The molecule has 0 fully saturated rings. The summed E-state index contributed by atoms with van der Waals surface area (Å²) in [4.78, 5) is 23.7. The molecule has 0 unspecified atom stereocenters. The first kappa shape index (κ1) is 17.4. The number of aromatic nitrogens is 2. The topological polar surface area (TPSA) is 58.1 Å². The smallest absolute Gasteiger partial charge is 0.255 e. The van der Waals surface area contributed by atoms with Gasteiger partial charge in [-0.15, -0.1) is 0 Å². The van der Waals surface area contributed by atoms with Crippen LogP contribution >= 0.6 is 0 Å². The molecule has 2 aromatic carbocycles. The fourth-order valence-corrected chi connectivity index (χ4v) is 3.84. The second kappa shape index (κ2) is 7.36. The molecule has 3 heterocycles. The molecule has 0 spiro atoms. The minimum Gasteiger partial charge on any atom is -0.352 e. The number of rotatable bonds is 3. The van der Waals surface area contributed by atoms with E-state index in [0.717, 1.165) is 35.2 Å². The summed E-state index contributed by atoms with van der Waals surface area (Å²) in [5.41, 5.74) is 5.68. The summed E-state index contributed by atoms with van der Waals surface area (Å²) in [7, 11) is 0. The van der Waals surface area contributed by atoms with Crippen LogP contribution in [0.2, 0.25) is 0 Å². The van der Waals surface area contributed by atoms with Crippen LogP contribution in [0.3, 0.4) is 0 Å². The van der Waals surface area contributed by atoms with Gasteiger partial charge in [0, 0.05) is 30.9 Å². The Hall–Kier alpha value is -3.73. The third kappa shape index (κ3) is 3.43. The van der Waals surface area contributed by atoms with Crippen LogP contribution < -0.4 is 5.32 Å². The SMILES string of the molecule is O=C(c1cncc(Nc2cccc3cccnc23)c1)N1CCc2ccccc2C1. The summed E-state index contributed by atoms with van der Waals surface area (Å²) in [6.07, 6.45) is 6.02. The van der Waals surface area contributed by atoms with Gasteiger partial charge in [0.1, 0.15) is 0 Å². The van der Waals surface area contributed by atoms with E-state index in [-0.39, 0.29) is 5.91 Å². The second-order valence-electron chi connectivity index (χ2n) is 7.21. The molecule has 0 atom stereocenters. The molecule has 5 heteroatoms. The molecule has 1 amide bonds. The van der Waals surface area contributed by atoms with Gasteiger partial charge in [0.2, 0.25) is 0 Å². The standard InChI is InChI=1S/C24H20N4O/c29-24(28-12-10-17-5-1-2-6-19(17)16-28)20-13-21(15-25-14-20)27-22-9-3-7-18-8-4-11-26-23(18)22/h1-9,11,13-15,27H,10,12,16H2. The molecule has 142 valence electrons. The molecule has 29 heavy (non-hydrogen) atoms. The summed E-state index contributed by atoms with van der Waals surface area (Å²) in [6, 6.07) is 20.1. The number of amides is 1. The first-order chi connectivity index (χ1) is 14.3. The van der Waals surface area contributed by atoms with Crippen LogP contribution in [0.4, 0.5) is 11.4 Å². The van der Waals surface area contributed by atoms with Crippen molar-refractivity contribution in [2.75, 3.05) is 11.9 Å². The van der Waals surface area contributed by atoms with E-state index in [0.29, 0.717) is 12.1 Å². The summed E-state index contributed by atoms with van der Waals surface area (Å²) in [5, 5.41) is 4.42. The first-order valence-electron chi connectivity index (χ1n) is 9.70. The molecule has 0 bridgehead atoms. The molecular weight excluding hydrogens is 360 g/mol. The number of nitrogens with zero attached hydrogens (tertiary/aromatic N) is 3. The van der Waals surface area contributed by atoms with Gasteiger partial charge in [0.25, 0.3) is 5.91 Å². The van der Waals surface area contributed by atoms with E-state index in [9.17, 15) is 4.79 Å². The lowest BCUT2D eigenvalue weighted by atomic mass is 9.99. The van der Waals surface area contributed by atoms with Crippen LogP contribution in [-0.4, -0.2) is 27.3 Å². The van der Waals surface area contributed by atoms with E-state index < -0.39 is 0 Å². The fourth-order valence-electron chi connectivity index (χ4n) is 3.84. The predicted octanol–water partition coefficient (Wildman–Crippen LogP) is 4.57. The van der Waals surface area contributed by atoms with E-state index in [4.69, 9.17) is 0 Å². The van der Waals surface area contributed by atoms with Crippen molar-refractivity contribution in [3.05, 3.63) is 95.9 Å². The van der Waals surface area contributed by atoms with Gasteiger partial charge in [0.15, 0.2) is 0 Å². The summed E-state index contributed by atoms with van der Waals surface area (Å²) in [6.45, 7) is 1.36. The lowest BCUT2D eigenvalue weighted by molar-refractivity contribution is 0.0734. The lowest BCUT2D eigenvalue weighted by Crippen LogP contribution is -2.36. The Labute approximate surface area is 169 Å². The maximum atomic E-state index is 13.1. The zero-order valence-electron chi connectivity index (χ0n) is 15.9. The first-order valence-corrected chi connectivity index (χ1v) is 9.70. The van der Waals surface area contributed by atoms with Crippen LogP contribution in [0.15, 0.2) is 79.3 Å². The van der Waals surface area contributed by atoms with Crippen molar-refractivity contribution in [1.82, 2.24) is 14.9 Å². The van der Waals surface area contributed by atoms with E-state index >= 15 is 0 Å². The number of hydrogen-bond donors (Lipinski definition) is 1. The average molecular weight is 380 g/mol. The van der Waals surface area contributed by atoms with Crippen molar-refractivity contribution >= 4 is 28.2 Å². The van der Waals surface area contributed by atoms with Crippen molar-refractivity contribution in [2.24, 2.45) is 0 Å². The van der Waals surface area contributed by atoms with Gasteiger partial charge in [-0.05, 0) is 35.7 Å². The molecule has 0 radical (unpaired) electrons. The van der Waals surface area contributed by atoms with Crippen molar-refractivity contribution in [2.45, 2.75) is 13.0 Å². The summed E-state index contributed by atoms with van der Waals surface area (Å²) >= 11 is 0. The number of carbonyl (C=O) groups excluding carboxylic acids is 1. The molecule has 1 aliphatic rings. The van der Waals surface area contributed by atoms with Crippen LogP contribution in [-0.2, 0) is 13.0 Å². The van der Waals surface area contributed by atoms with Crippen LogP contribution in [0.1, 0.15) is 21.5 Å². The zero-order chi connectivity index (χ0) is 19.6. The predicted molar refractivity (Wildman–Crippen MR) is 114 cm³/mol. The van der Waals surface area contributed by atoms with Gasteiger partial charge in [-0.1, -0.05) is 42.5 Å². The molecule has 1 aliphatic heterocycles. The monoisotopic (exact) mass is 380 g/mol. The maximum Gasteiger partial charge on any atom is 0.255 e. The second-order valence-corrected chi connectivity index (χ2v) is 7.21. The Bertz CT molecular complexity index is 1200. The molecule has 5 rings (SSSR count). The Kier molecular flexibility index (Phi) is 4.41. The Balaban J connectivity index is 1.39. The van der Waals surface area contributed by atoms with Gasteiger partial charge >= 0.3 is 0 Å². The minimum absolute atomic E-state index is 0.00620. The molecular formula is C24H20N4O. The van der Waals surface area contributed by atoms with Crippen molar-refractivity contribution < 1.29 is 4.79 Å². The molecule has 0 saturated heterocycles. The molecule has 0 saturated carbocycles. The number of para-hydroxylation sites is 1. The highest BCUT2D eigenvalue weighted by molar-refractivity contribution is 5.96. The van der Waals surface area contributed by atoms with Crippen molar-refractivity contribution in [3.63, 3.8) is 0 Å². The number of fused-ring (bicyclic) bond motifs is 2. The van der Waals surface area contributed by atoms with Gasteiger partial charge in [0.05, 0.1) is 28.7 Å².